The molecule has 26 heavy (non-hydrogen) atoms. The minimum Gasteiger partial charge on any atom is -0.497 e. The Bertz CT molecular complexity index is 772. The first-order chi connectivity index (χ1) is 12.4. The summed E-state index contributed by atoms with van der Waals surface area (Å²) in [5.74, 6) is 0.265. The van der Waals surface area contributed by atoms with E-state index in [1.807, 2.05) is 0 Å². The summed E-state index contributed by atoms with van der Waals surface area (Å²) in [4.78, 5) is 24.8. The molecule has 0 aromatic heterocycles. The Labute approximate surface area is 151 Å². The Morgan fingerprint density at radius 3 is 2.23 bits per heavy atom. The SMILES string of the molecule is COc1ccc(OC)c(C(=O)N(C)Cc2ccc(OCC(=O)O)cc2)c1. The van der Waals surface area contributed by atoms with E-state index in [9.17, 15) is 9.59 Å². The van der Waals surface area contributed by atoms with Crippen LogP contribution in [0.15, 0.2) is 42.5 Å². The summed E-state index contributed by atoms with van der Waals surface area (Å²) >= 11 is 0. The number of carbonyl (C=O) groups excluding carboxylic acids is 1. The zero-order valence-corrected chi connectivity index (χ0v) is 14.9. The Hall–Kier alpha value is -3.22. The van der Waals surface area contributed by atoms with Gasteiger partial charge in [-0.3, -0.25) is 4.79 Å². The average Bonchev–Trinajstić information content (AvgIpc) is 2.66. The van der Waals surface area contributed by atoms with Crippen LogP contribution >= 0.6 is 0 Å². The molecular weight excluding hydrogens is 338 g/mol. The van der Waals surface area contributed by atoms with Crippen molar-refractivity contribution in [3.05, 3.63) is 53.6 Å². The van der Waals surface area contributed by atoms with Gasteiger partial charge in [0.2, 0.25) is 0 Å². The molecule has 138 valence electrons. The number of nitrogens with zero attached hydrogens (tertiary/aromatic N) is 1. The first-order valence-corrected chi connectivity index (χ1v) is 7.85. The van der Waals surface area contributed by atoms with Gasteiger partial charge in [0.25, 0.3) is 5.91 Å². The second-order valence-corrected chi connectivity index (χ2v) is 5.55. The molecule has 0 aliphatic carbocycles. The molecule has 0 fully saturated rings. The van der Waals surface area contributed by atoms with Crippen LogP contribution in [0.25, 0.3) is 0 Å². The molecule has 0 radical (unpaired) electrons. The first kappa shape index (κ1) is 19.1. The van der Waals surface area contributed by atoms with Crippen molar-refractivity contribution in [2.24, 2.45) is 0 Å². The fourth-order valence-corrected chi connectivity index (χ4v) is 2.37. The van der Waals surface area contributed by atoms with Crippen molar-refractivity contribution >= 4 is 11.9 Å². The second-order valence-electron chi connectivity index (χ2n) is 5.55. The number of ether oxygens (including phenoxy) is 3. The van der Waals surface area contributed by atoms with Gasteiger partial charge in [0.15, 0.2) is 6.61 Å². The molecule has 7 heteroatoms. The molecule has 7 nitrogen and oxygen atoms in total. The Morgan fingerprint density at radius 1 is 1.00 bits per heavy atom. The highest BCUT2D eigenvalue weighted by atomic mass is 16.5. The van der Waals surface area contributed by atoms with E-state index >= 15 is 0 Å². The Balaban J connectivity index is 2.08. The van der Waals surface area contributed by atoms with Gasteiger partial charge in [0, 0.05) is 13.6 Å². The minimum atomic E-state index is -1.04. The number of aliphatic carboxylic acids is 1. The van der Waals surface area contributed by atoms with Crippen molar-refractivity contribution in [2.45, 2.75) is 6.54 Å². The average molecular weight is 359 g/mol. The summed E-state index contributed by atoms with van der Waals surface area (Å²) in [6, 6.07) is 12.0. The lowest BCUT2D eigenvalue weighted by Gasteiger charge is -2.19. The summed E-state index contributed by atoms with van der Waals surface area (Å²) in [7, 11) is 4.73. The molecular formula is C19H21NO6. The van der Waals surface area contributed by atoms with Crippen LogP contribution < -0.4 is 14.2 Å². The van der Waals surface area contributed by atoms with Gasteiger partial charge in [-0.25, -0.2) is 4.79 Å². The Kier molecular flexibility index (Phi) is 6.43. The van der Waals surface area contributed by atoms with Crippen LogP contribution in [-0.4, -0.2) is 49.8 Å². The van der Waals surface area contributed by atoms with Crippen LogP contribution in [0.5, 0.6) is 17.2 Å². The zero-order valence-electron chi connectivity index (χ0n) is 14.9. The van der Waals surface area contributed by atoms with Crippen molar-refractivity contribution < 1.29 is 28.9 Å². The lowest BCUT2D eigenvalue weighted by atomic mass is 10.1. The predicted octanol–water partition coefficient (Wildman–Crippen LogP) is 2.44. The van der Waals surface area contributed by atoms with Crippen molar-refractivity contribution in [3.8, 4) is 17.2 Å². The van der Waals surface area contributed by atoms with Gasteiger partial charge in [-0.1, -0.05) is 12.1 Å². The molecule has 2 rings (SSSR count). The van der Waals surface area contributed by atoms with Gasteiger partial charge in [-0.05, 0) is 35.9 Å². The van der Waals surface area contributed by atoms with Gasteiger partial charge in [0.1, 0.15) is 17.2 Å². The Morgan fingerprint density at radius 2 is 1.65 bits per heavy atom. The quantitative estimate of drug-likeness (QED) is 0.779. The number of carboxylic acids is 1. The van der Waals surface area contributed by atoms with Crippen LogP contribution in [0.4, 0.5) is 0 Å². The van der Waals surface area contributed by atoms with Gasteiger partial charge in [-0.2, -0.15) is 0 Å². The summed E-state index contributed by atoms with van der Waals surface area (Å²) in [6.45, 7) is -0.0220. The maximum Gasteiger partial charge on any atom is 0.341 e. The third-order valence-electron chi connectivity index (χ3n) is 3.69. The zero-order chi connectivity index (χ0) is 19.1. The van der Waals surface area contributed by atoms with Crippen LogP contribution in [0.2, 0.25) is 0 Å². The molecule has 0 aliphatic rings. The maximum atomic E-state index is 12.7. The predicted molar refractivity (Wildman–Crippen MR) is 94.9 cm³/mol. The van der Waals surface area contributed by atoms with E-state index in [1.54, 1.807) is 54.4 Å². The highest BCUT2D eigenvalue weighted by molar-refractivity contribution is 5.97. The van der Waals surface area contributed by atoms with E-state index in [2.05, 4.69) is 0 Å². The monoisotopic (exact) mass is 359 g/mol. The normalized spacial score (nSPS) is 10.1. The third kappa shape index (κ3) is 4.89. The molecule has 0 saturated carbocycles. The van der Waals surface area contributed by atoms with Crippen molar-refractivity contribution in [3.63, 3.8) is 0 Å². The minimum absolute atomic E-state index is 0.202. The molecule has 0 atom stereocenters. The number of hydrogen-bond acceptors (Lipinski definition) is 5. The number of benzene rings is 2. The first-order valence-electron chi connectivity index (χ1n) is 7.85. The second kappa shape index (κ2) is 8.75. The topological polar surface area (TPSA) is 85.3 Å². The van der Waals surface area contributed by atoms with Crippen LogP contribution in [0, 0.1) is 0 Å². The highest BCUT2D eigenvalue weighted by Crippen LogP contribution is 2.25. The summed E-state index contributed by atoms with van der Waals surface area (Å²) in [5.41, 5.74) is 1.29. The molecule has 1 amide bonds. The standard InChI is InChI=1S/C19H21NO6/c1-20(11-13-4-6-14(7-5-13)26-12-18(21)22)19(23)16-10-15(24-2)8-9-17(16)25-3/h4-10H,11-12H2,1-3H3,(H,21,22). The molecule has 0 saturated heterocycles. The van der Waals surface area contributed by atoms with E-state index in [4.69, 9.17) is 19.3 Å². The fourth-order valence-electron chi connectivity index (χ4n) is 2.37. The number of carbonyl (C=O) groups is 2. The van der Waals surface area contributed by atoms with Crippen LogP contribution in [0.1, 0.15) is 15.9 Å². The van der Waals surface area contributed by atoms with Gasteiger partial charge in [0.05, 0.1) is 19.8 Å². The lowest BCUT2D eigenvalue weighted by Crippen LogP contribution is -2.26. The van der Waals surface area contributed by atoms with Crippen molar-refractivity contribution in [1.29, 1.82) is 0 Å². The van der Waals surface area contributed by atoms with E-state index in [-0.39, 0.29) is 5.91 Å². The third-order valence-corrected chi connectivity index (χ3v) is 3.69. The van der Waals surface area contributed by atoms with E-state index in [1.165, 1.54) is 14.2 Å². The van der Waals surface area contributed by atoms with E-state index < -0.39 is 12.6 Å². The smallest absolute Gasteiger partial charge is 0.341 e. The lowest BCUT2D eigenvalue weighted by molar-refractivity contribution is -0.139. The van der Waals surface area contributed by atoms with Gasteiger partial charge < -0.3 is 24.2 Å². The van der Waals surface area contributed by atoms with E-state index in [0.29, 0.717) is 29.4 Å². The summed E-state index contributed by atoms with van der Waals surface area (Å²) in [6.07, 6.45) is 0. The van der Waals surface area contributed by atoms with Crippen LogP contribution in [-0.2, 0) is 11.3 Å². The summed E-state index contributed by atoms with van der Waals surface area (Å²) < 4.78 is 15.5. The van der Waals surface area contributed by atoms with Crippen molar-refractivity contribution in [2.75, 3.05) is 27.9 Å². The number of rotatable bonds is 8. The van der Waals surface area contributed by atoms with Crippen LogP contribution in [0.3, 0.4) is 0 Å². The number of amides is 1. The molecule has 1 N–H and O–H groups in total. The number of carboxylic acid groups (broad SMARTS) is 1. The van der Waals surface area contributed by atoms with E-state index in [0.717, 1.165) is 5.56 Å². The van der Waals surface area contributed by atoms with Gasteiger partial charge in [-0.15, -0.1) is 0 Å². The van der Waals surface area contributed by atoms with Crippen molar-refractivity contribution in [1.82, 2.24) is 4.90 Å². The molecule has 2 aromatic carbocycles. The number of hydrogen-bond donors (Lipinski definition) is 1. The van der Waals surface area contributed by atoms with Gasteiger partial charge >= 0.3 is 5.97 Å². The molecule has 2 aromatic rings. The molecule has 0 aliphatic heterocycles. The maximum absolute atomic E-state index is 12.7. The molecule has 0 bridgehead atoms. The molecule has 0 unspecified atom stereocenters. The highest BCUT2D eigenvalue weighted by Gasteiger charge is 2.18. The summed E-state index contributed by atoms with van der Waals surface area (Å²) in [5, 5.41) is 8.61. The largest absolute Gasteiger partial charge is 0.497 e. The fraction of sp³-hybridized carbons (Fsp3) is 0.263. The molecule has 0 spiro atoms. The molecule has 0 heterocycles. The number of methoxy groups -OCH3 is 2.